The van der Waals surface area contributed by atoms with Crippen molar-refractivity contribution in [1.29, 1.82) is 0 Å². The SMILES string of the molecule is Cc1ccc(S(=O)(=O)N[C@H]2CNC[C@@H](C(=O)N(Cc3ccccc3)CC(c3ccccc3)C(C)C)C2)cc1. The van der Waals surface area contributed by atoms with Crippen LogP contribution in [0.3, 0.4) is 0 Å². The molecule has 1 saturated heterocycles. The third-order valence-corrected chi connectivity index (χ3v) is 8.87. The predicted octanol–water partition coefficient (Wildman–Crippen LogP) is 4.72. The zero-order valence-corrected chi connectivity index (χ0v) is 23.3. The maximum absolute atomic E-state index is 14.0. The number of hydrogen-bond acceptors (Lipinski definition) is 4. The molecule has 3 aromatic carbocycles. The third kappa shape index (κ3) is 7.31. The first kappa shape index (κ1) is 28.0. The van der Waals surface area contributed by atoms with Crippen molar-refractivity contribution in [2.45, 2.75) is 50.6 Å². The summed E-state index contributed by atoms with van der Waals surface area (Å²) >= 11 is 0. The molecule has 0 radical (unpaired) electrons. The van der Waals surface area contributed by atoms with Crippen LogP contribution in [0.4, 0.5) is 0 Å². The van der Waals surface area contributed by atoms with E-state index >= 15 is 0 Å². The Labute approximate surface area is 227 Å². The summed E-state index contributed by atoms with van der Waals surface area (Å²) < 4.78 is 28.8. The predicted molar refractivity (Wildman–Crippen MR) is 152 cm³/mol. The molecule has 1 amide bonds. The lowest BCUT2D eigenvalue weighted by Gasteiger charge is -2.36. The van der Waals surface area contributed by atoms with Gasteiger partial charge >= 0.3 is 0 Å². The van der Waals surface area contributed by atoms with Crippen molar-refractivity contribution in [3.05, 3.63) is 102 Å². The highest BCUT2D eigenvalue weighted by Gasteiger charge is 2.34. The number of sulfonamides is 1. The molecular weight excluding hydrogens is 494 g/mol. The van der Waals surface area contributed by atoms with Crippen LogP contribution in [0.1, 0.15) is 42.9 Å². The number of benzene rings is 3. The molecule has 1 aliphatic rings. The maximum atomic E-state index is 14.0. The minimum atomic E-state index is -3.68. The van der Waals surface area contributed by atoms with Crippen molar-refractivity contribution in [3.63, 3.8) is 0 Å². The highest BCUT2D eigenvalue weighted by molar-refractivity contribution is 7.89. The van der Waals surface area contributed by atoms with Gasteiger partial charge in [-0.05, 0) is 42.5 Å². The molecule has 0 spiro atoms. The van der Waals surface area contributed by atoms with E-state index < -0.39 is 10.0 Å². The Morgan fingerprint density at radius 1 is 0.947 bits per heavy atom. The first-order chi connectivity index (χ1) is 18.2. The van der Waals surface area contributed by atoms with Gasteiger partial charge in [0.05, 0.1) is 10.8 Å². The van der Waals surface area contributed by atoms with Gasteiger partial charge in [0.25, 0.3) is 0 Å². The Kier molecular flexibility index (Phi) is 9.36. The third-order valence-electron chi connectivity index (χ3n) is 7.33. The molecule has 1 fully saturated rings. The summed E-state index contributed by atoms with van der Waals surface area (Å²) in [6.07, 6.45) is 0.458. The largest absolute Gasteiger partial charge is 0.337 e. The molecule has 0 aliphatic carbocycles. The molecular formula is C31H39N3O3S. The zero-order chi connectivity index (χ0) is 27.1. The van der Waals surface area contributed by atoms with Crippen molar-refractivity contribution >= 4 is 15.9 Å². The van der Waals surface area contributed by atoms with Crippen LogP contribution in [0.25, 0.3) is 0 Å². The van der Waals surface area contributed by atoms with E-state index in [0.717, 1.165) is 11.1 Å². The van der Waals surface area contributed by atoms with Gasteiger partial charge in [0.2, 0.25) is 15.9 Å². The van der Waals surface area contributed by atoms with Crippen LogP contribution in [0, 0.1) is 18.8 Å². The quantitative estimate of drug-likeness (QED) is 0.395. The minimum Gasteiger partial charge on any atom is -0.337 e. The molecule has 4 rings (SSSR count). The van der Waals surface area contributed by atoms with E-state index in [0.29, 0.717) is 38.5 Å². The van der Waals surface area contributed by atoms with Gasteiger partial charge in [-0.1, -0.05) is 92.2 Å². The lowest BCUT2D eigenvalue weighted by atomic mass is 9.87. The van der Waals surface area contributed by atoms with Gasteiger partial charge in [0.1, 0.15) is 0 Å². The number of carbonyl (C=O) groups is 1. The number of amides is 1. The molecule has 3 atom stereocenters. The second kappa shape index (κ2) is 12.7. The van der Waals surface area contributed by atoms with Crippen LogP contribution >= 0.6 is 0 Å². The summed E-state index contributed by atoms with van der Waals surface area (Å²) in [5.74, 6) is 0.280. The molecule has 2 N–H and O–H groups in total. The summed E-state index contributed by atoms with van der Waals surface area (Å²) in [5, 5.41) is 3.30. The minimum absolute atomic E-state index is 0.0576. The monoisotopic (exact) mass is 533 g/mol. The second-order valence-corrected chi connectivity index (χ2v) is 12.4. The van der Waals surface area contributed by atoms with Crippen LogP contribution in [-0.4, -0.2) is 44.9 Å². The zero-order valence-electron chi connectivity index (χ0n) is 22.5. The number of carbonyl (C=O) groups excluding carboxylic acids is 1. The summed E-state index contributed by atoms with van der Waals surface area (Å²) in [4.78, 5) is 16.2. The number of hydrogen-bond donors (Lipinski definition) is 2. The molecule has 38 heavy (non-hydrogen) atoms. The standard InChI is InChI=1S/C31H39N3O3S/c1-23(2)30(26-12-8-5-9-13-26)22-34(21-25-10-6-4-7-11-25)31(35)27-18-28(20-32-19-27)33-38(36,37)29-16-14-24(3)15-17-29/h4-17,23,27-28,30,32-33H,18-22H2,1-3H3/t27-,28+,30?/m0/s1. The Balaban J connectivity index is 1.52. The van der Waals surface area contributed by atoms with E-state index in [1.807, 2.05) is 60.4 Å². The Hall–Kier alpha value is -3.00. The number of aryl methyl sites for hydroxylation is 1. The summed E-state index contributed by atoms with van der Waals surface area (Å²) in [6, 6.07) is 26.9. The van der Waals surface area contributed by atoms with Gasteiger partial charge in [-0.25, -0.2) is 13.1 Å². The van der Waals surface area contributed by atoms with E-state index in [4.69, 9.17) is 0 Å². The van der Waals surface area contributed by atoms with Crippen molar-refractivity contribution in [1.82, 2.24) is 14.9 Å². The lowest BCUT2D eigenvalue weighted by molar-refractivity contribution is -0.137. The van der Waals surface area contributed by atoms with Gasteiger partial charge < -0.3 is 10.2 Å². The second-order valence-electron chi connectivity index (χ2n) is 10.7. The highest BCUT2D eigenvalue weighted by Crippen LogP contribution is 2.28. The van der Waals surface area contributed by atoms with E-state index in [-0.39, 0.29) is 28.7 Å². The first-order valence-electron chi connectivity index (χ1n) is 13.4. The summed E-state index contributed by atoms with van der Waals surface area (Å²) in [7, 11) is -3.68. The van der Waals surface area contributed by atoms with E-state index in [9.17, 15) is 13.2 Å². The van der Waals surface area contributed by atoms with Gasteiger partial charge in [0, 0.05) is 38.1 Å². The van der Waals surface area contributed by atoms with Gasteiger partial charge in [-0.3, -0.25) is 4.79 Å². The van der Waals surface area contributed by atoms with E-state index in [1.165, 1.54) is 5.56 Å². The number of nitrogens with zero attached hydrogens (tertiary/aromatic N) is 1. The fourth-order valence-electron chi connectivity index (χ4n) is 5.16. The van der Waals surface area contributed by atoms with Crippen molar-refractivity contribution in [2.75, 3.05) is 19.6 Å². The van der Waals surface area contributed by atoms with Crippen LogP contribution in [0.2, 0.25) is 0 Å². The van der Waals surface area contributed by atoms with Crippen molar-refractivity contribution in [2.24, 2.45) is 11.8 Å². The molecule has 0 saturated carbocycles. The Bertz CT molecular complexity index is 1280. The molecule has 202 valence electrons. The molecule has 0 bridgehead atoms. The maximum Gasteiger partial charge on any atom is 0.240 e. The van der Waals surface area contributed by atoms with Gasteiger partial charge in [0.15, 0.2) is 0 Å². The molecule has 3 aromatic rings. The smallest absolute Gasteiger partial charge is 0.240 e. The fraction of sp³-hybridized carbons (Fsp3) is 0.387. The van der Waals surface area contributed by atoms with E-state index in [1.54, 1.807) is 24.3 Å². The van der Waals surface area contributed by atoms with Crippen LogP contribution in [0.15, 0.2) is 89.8 Å². The molecule has 7 heteroatoms. The number of piperidine rings is 1. The summed E-state index contributed by atoms with van der Waals surface area (Å²) in [5.41, 5.74) is 3.30. The fourth-order valence-corrected chi connectivity index (χ4v) is 6.41. The summed E-state index contributed by atoms with van der Waals surface area (Å²) in [6.45, 7) is 8.46. The van der Waals surface area contributed by atoms with Crippen molar-refractivity contribution in [3.8, 4) is 0 Å². The highest BCUT2D eigenvalue weighted by atomic mass is 32.2. The molecule has 6 nitrogen and oxygen atoms in total. The van der Waals surface area contributed by atoms with Crippen LogP contribution in [-0.2, 0) is 21.4 Å². The molecule has 1 heterocycles. The molecule has 1 unspecified atom stereocenters. The molecule has 1 aliphatic heterocycles. The number of nitrogens with one attached hydrogen (secondary N) is 2. The Morgan fingerprint density at radius 3 is 2.21 bits per heavy atom. The number of rotatable bonds is 10. The topological polar surface area (TPSA) is 78.5 Å². The lowest BCUT2D eigenvalue weighted by Crippen LogP contribution is -2.53. The van der Waals surface area contributed by atoms with Gasteiger partial charge in [-0.15, -0.1) is 0 Å². The average Bonchev–Trinajstić information content (AvgIpc) is 2.91. The van der Waals surface area contributed by atoms with Crippen molar-refractivity contribution < 1.29 is 13.2 Å². The Morgan fingerprint density at radius 2 is 1.58 bits per heavy atom. The first-order valence-corrected chi connectivity index (χ1v) is 14.9. The van der Waals surface area contributed by atoms with Gasteiger partial charge in [-0.2, -0.15) is 0 Å². The normalized spacial score (nSPS) is 18.7. The van der Waals surface area contributed by atoms with Crippen LogP contribution < -0.4 is 10.0 Å². The molecule has 0 aromatic heterocycles. The average molecular weight is 534 g/mol. The van der Waals surface area contributed by atoms with E-state index in [2.05, 4.69) is 36.0 Å². The van der Waals surface area contributed by atoms with Crippen LogP contribution in [0.5, 0.6) is 0 Å².